The number of amides is 1. The second kappa shape index (κ2) is 8.91. The van der Waals surface area contributed by atoms with Gasteiger partial charge in [0.2, 0.25) is 11.7 Å². The second-order valence-corrected chi connectivity index (χ2v) is 8.80. The molecule has 3 atom stereocenters. The summed E-state index contributed by atoms with van der Waals surface area (Å²) in [5, 5.41) is 21.7. The number of nitro groups is 1. The van der Waals surface area contributed by atoms with Gasteiger partial charge in [-0.3, -0.25) is 19.7 Å². The summed E-state index contributed by atoms with van der Waals surface area (Å²) < 4.78 is 0. The highest BCUT2D eigenvalue weighted by atomic mass is 35.5. The molecule has 2 aromatic rings. The van der Waals surface area contributed by atoms with Crippen LogP contribution in [0.3, 0.4) is 0 Å². The monoisotopic (exact) mass is 478 g/mol. The normalized spacial score (nSPS) is 22.9. The number of carboxylic acid groups (broad SMARTS) is 1. The molecule has 2 fully saturated rings. The van der Waals surface area contributed by atoms with Crippen LogP contribution in [0.1, 0.15) is 24.4 Å². The number of aromatic nitrogens is 1. The van der Waals surface area contributed by atoms with Crippen molar-refractivity contribution in [1.82, 2.24) is 9.88 Å². The van der Waals surface area contributed by atoms with Crippen LogP contribution in [0.15, 0.2) is 36.5 Å². The van der Waals surface area contributed by atoms with E-state index in [1.807, 2.05) is 0 Å². The quantitative estimate of drug-likeness (QED) is 0.512. The Kier molecular flexibility index (Phi) is 6.21. The molecule has 4 rings (SSSR count). The topological polar surface area (TPSA) is 117 Å². The number of carbonyl (C=O) groups excluding carboxylic acids is 1. The lowest BCUT2D eigenvalue weighted by Crippen LogP contribution is -2.55. The number of carbonyl (C=O) groups is 2. The molecule has 1 saturated carbocycles. The molecular formula is C21H20Cl2N4O5. The number of carboxylic acids is 1. The fourth-order valence-electron chi connectivity index (χ4n) is 4.31. The third-order valence-electron chi connectivity index (χ3n) is 6.14. The van der Waals surface area contributed by atoms with Crippen LogP contribution in [0.4, 0.5) is 11.5 Å². The van der Waals surface area contributed by atoms with Gasteiger partial charge in [0.15, 0.2) is 0 Å². The van der Waals surface area contributed by atoms with Gasteiger partial charge in [0, 0.05) is 36.9 Å². The molecule has 168 valence electrons. The van der Waals surface area contributed by atoms with E-state index in [-0.39, 0.29) is 29.0 Å². The number of aliphatic carboxylic acids is 1. The van der Waals surface area contributed by atoms with Gasteiger partial charge in [0.1, 0.15) is 0 Å². The summed E-state index contributed by atoms with van der Waals surface area (Å²) in [5.74, 6) is -2.18. The van der Waals surface area contributed by atoms with Crippen LogP contribution in [-0.2, 0) is 9.59 Å². The zero-order valence-electron chi connectivity index (χ0n) is 16.9. The summed E-state index contributed by atoms with van der Waals surface area (Å²) in [6.07, 6.45) is 2.39. The average molecular weight is 479 g/mol. The van der Waals surface area contributed by atoms with Crippen LogP contribution >= 0.6 is 23.2 Å². The first-order valence-corrected chi connectivity index (χ1v) is 10.9. The number of piperazine rings is 1. The highest BCUT2D eigenvalue weighted by Gasteiger charge is 2.45. The van der Waals surface area contributed by atoms with E-state index in [4.69, 9.17) is 23.2 Å². The van der Waals surface area contributed by atoms with Crippen molar-refractivity contribution >= 4 is 46.6 Å². The standard InChI is InChI=1S/C21H20Cl2N4O5/c22-13-3-1-12(2-4-13)18-11-25(20(28)15-5-6-16(15)21(29)30)7-8-26(18)19-17(27(31)32)9-14(23)10-24-19/h1-4,9-10,15-16,18H,5-8,11H2,(H,29,30)/t15-,16+,18?/m0/s1. The number of pyridine rings is 1. The van der Waals surface area contributed by atoms with Gasteiger partial charge in [-0.05, 0) is 30.5 Å². The van der Waals surface area contributed by atoms with Crippen LogP contribution in [0.2, 0.25) is 10.0 Å². The van der Waals surface area contributed by atoms with Gasteiger partial charge in [0.05, 0.1) is 27.8 Å². The van der Waals surface area contributed by atoms with Crippen LogP contribution in [-0.4, -0.2) is 51.4 Å². The van der Waals surface area contributed by atoms with Crippen LogP contribution in [0.25, 0.3) is 0 Å². The van der Waals surface area contributed by atoms with E-state index in [9.17, 15) is 24.8 Å². The lowest BCUT2D eigenvalue weighted by molar-refractivity contribution is -0.384. The number of hydrogen-bond donors (Lipinski definition) is 1. The van der Waals surface area contributed by atoms with Crippen molar-refractivity contribution in [3.8, 4) is 0 Å². The van der Waals surface area contributed by atoms with Crippen molar-refractivity contribution in [2.24, 2.45) is 11.8 Å². The Balaban J connectivity index is 1.67. The molecule has 2 heterocycles. The SMILES string of the molecule is O=C(O)[C@@H]1CC[C@@H]1C(=O)N1CCN(c2ncc(Cl)cc2[N+](=O)[O-])C(c2ccc(Cl)cc2)C1. The minimum absolute atomic E-state index is 0.155. The summed E-state index contributed by atoms with van der Waals surface area (Å²) in [5.41, 5.74) is 0.586. The Labute approximate surface area is 193 Å². The molecule has 1 saturated heterocycles. The van der Waals surface area contributed by atoms with Crippen molar-refractivity contribution in [1.29, 1.82) is 0 Å². The Bertz CT molecular complexity index is 1060. The van der Waals surface area contributed by atoms with Gasteiger partial charge in [-0.15, -0.1) is 0 Å². The maximum Gasteiger partial charge on any atom is 0.313 e. The molecule has 0 radical (unpaired) electrons. The van der Waals surface area contributed by atoms with E-state index >= 15 is 0 Å². The van der Waals surface area contributed by atoms with Gasteiger partial charge >= 0.3 is 11.7 Å². The fourth-order valence-corrected chi connectivity index (χ4v) is 4.59. The van der Waals surface area contributed by atoms with Crippen LogP contribution in [0.5, 0.6) is 0 Å². The molecule has 1 unspecified atom stereocenters. The molecule has 1 aliphatic heterocycles. The highest BCUT2D eigenvalue weighted by molar-refractivity contribution is 6.31. The predicted octanol–water partition coefficient (Wildman–Crippen LogP) is 3.80. The van der Waals surface area contributed by atoms with Crippen LogP contribution < -0.4 is 4.90 Å². The fraction of sp³-hybridized carbons (Fsp3) is 0.381. The number of anilines is 1. The predicted molar refractivity (Wildman–Crippen MR) is 118 cm³/mol. The molecule has 2 aliphatic rings. The first kappa shape index (κ1) is 22.3. The van der Waals surface area contributed by atoms with Gasteiger partial charge in [0.25, 0.3) is 0 Å². The molecule has 11 heteroatoms. The van der Waals surface area contributed by atoms with E-state index in [1.165, 1.54) is 12.3 Å². The summed E-state index contributed by atoms with van der Waals surface area (Å²) in [7, 11) is 0. The largest absolute Gasteiger partial charge is 0.481 e. The number of hydrogen-bond acceptors (Lipinski definition) is 6. The van der Waals surface area contributed by atoms with Gasteiger partial charge in [-0.25, -0.2) is 4.98 Å². The molecule has 1 amide bonds. The Morgan fingerprint density at radius 3 is 2.38 bits per heavy atom. The molecule has 9 nitrogen and oxygen atoms in total. The van der Waals surface area contributed by atoms with Crippen molar-refractivity contribution in [2.75, 3.05) is 24.5 Å². The van der Waals surface area contributed by atoms with E-state index < -0.39 is 28.8 Å². The minimum Gasteiger partial charge on any atom is -0.481 e. The number of rotatable bonds is 5. The molecule has 1 aromatic carbocycles. The lowest BCUT2D eigenvalue weighted by atomic mass is 9.72. The molecule has 32 heavy (non-hydrogen) atoms. The smallest absolute Gasteiger partial charge is 0.313 e. The van der Waals surface area contributed by atoms with Gasteiger partial charge in [-0.1, -0.05) is 35.3 Å². The second-order valence-electron chi connectivity index (χ2n) is 7.93. The zero-order chi connectivity index (χ0) is 23.0. The zero-order valence-corrected chi connectivity index (χ0v) is 18.4. The Morgan fingerprint density at radius 2 is 1.78 bits per heavy atom. The Hall–Kier alpha value is -2.91. The van der Waals surface area contributed by atoms with E-state index in [0.717, 1.165) is 5.56 Å². The number of nitrogens with zero attached hydrogens (tertiary/aromatic N) is 4. The molecule has 1 aliphatic carbocycles. The number of halogens is 2. The minimum atomic E-state index is -0.955. The average Bonchev–Trinajstić information content (AvgIpc) is 2.72. The third kappa shape index (κ3) is 4.22. The number of benzene rings is 1. The van der Waals surface area contributed by atoms with Gasteiger partial charge in [-0.2, -0.15) is 0 Å². The molecule has 0 bridgehead atoms. The van der Waals surface area contributed by atoms with E-state index in [0.29, 0.717) is 31.0 Å². The van der Waals surface area contributed by atoms with Gasteiger partial charge < -0.3 is 14.9 Å². The molecule has 0 spiro atoms. The van der Waals surface area contributed by atoms with E-state index in [1.54, 1.807) is 34.1 Å². The van der Waals surface area contributed by atoms with E-state index in [2.05, 4.69) is 4.98 Å². The first-order chi connectivity index (χ1) is 15.3. The van der Waals surface area contributed by atoms with Crippen molar-refractivity contribution in [2.45, 2.75) is 18.9 Å². The third-order valence-corrected chi connectivity index (χ3v) is 6.60. The lowest BCUT2D eigenvalue weighted by Gasteiger charge is -2.44. The summed E-state index contributed by atoms with van der Waals surface area (Å²) in [4.78, 5) is 43.3. The van der Waals surface area contributed by atoms with Crippen LogP contribution in [0, 0.1) is 22.0 Å². The summed E-state index contributed by atoms with van der Waals surface area (Å²) in [6, 6.07) is 7.86. The summed E-state index contributed by atoms with van der Waals surface area (Å²) in [6.45, 7) is 0.830. The van der Waals surface area contributed by atoms with Crippen molar-refractivity contribution in [3.63, 3.8) is 0 Å². The van der Waals surface area contributed by atoms with Crippen molar-refractivity contribution in [3.05, 3.63) is 62.3 Å². The Morgan fingerprint density at radius 1 is 1.09 bits per heavy atom. The molecule has 1 N–H and O–H groups in total. The molecular weight excluding hydrogens is 459 g/mol. The molecule has 1 aromatic heterocycles. The maximum absolute atomic E-state index is 13.1. The first-order valence-electron chi connectivity index (χ1n) is 10.1. The summed E-state index contributed by atoms with van der Waals surface area (Å²) >= 11 is 12.0. The van der Waals surface area contributed by atoms with Crippen molar-refractivity contribution < 1.29 is 19.6 Å². The highest BCUT2D eigenvalue weighted by Crippen LogP contribution is 2.39. The maximum atomic E-state index is 13.1.